The average Bonchev–Trinajstić information content (AvgIpc) is 3.42. The SMILES string of the molecule is Cc1cc(I)ccc1Nc1c(C(=O)NOC2(CO)CC2)cc(Br)c(F)c1F. The highest BCUT2D eigenvalue weighted by Gasteiger charge is 2.45. The lowest BCUT2D eigenvalue weighted by atomic mass is 10.1. The lowest BCUT2D eigenvalue weighted by Gasteiger charge is -2.18. The molecule has 1 saturated carbocycles. The zero-order valence-electron chi connectivity index (χ0n) is 14.2. The van der Waals surface area contributed by atoms with Gasteiger partial charge in [-0.3, -0.25) is 9.63 Å². The molecule has 2 aromatic rings. The van der Waals surface area contributed by atoms with Gasteiger partial charge in [0.15, 0.2) is 11.6 Å². The molecule has 27 heavy (non-hydrogen) atoms. The van der Waals surface area contributed by atoms with E-state index in [1.54, 1.807) is 6.07 Å². The van der Waals surface area contributed by atoms with E-state index in [0.717, 1.165) is 9.13 Å². The number of nitrogens with one attached hydrogen (secondary N) is 2. The smallest absolute Gasteiger partial charge is 0.277 e. The fraction of sp³-hybridized carbons (Fsp3) is 0.278. The Balaban J connectivity index is 1.93. The minimum atomic E-state index is -1.18. The van der Waals surface area contributed by atoms with Crippen LogP contribution in [-0.4, -0.2) is 23.2 Å². The van der Waals surface area contributed by atoms with Gasteiger partial charge < -0.3 is 10.4 Å². The van der Waals surface area contributed by atoms with Gasteiger partial charge in [-0.05, 0) is 88.1 Å². The summed E-state index contributed by atoms with van der Waals surface area (Å²) < 4.78 is 29.5. The first-order chi connectivity index (χ1) is 12.8. The lowest BCUT2D eigenvalue weighted by molar-refractivity contribution is -0.0566. The number of hydrogen-bond acceptors (Lipinski definition) is 4. The van der Waals surface area contributed by atoms with E-state index in [0.29, 0.717) is 18.5 Å². The molecule has 1 fully saturated rings. The molecule has 0 heterocycles. The topological polar surface area (TPSA) is 70.6 Å². The second-order valence-electron chi connectivity index (χ2n) is 6.37. The maximum absolute atomic E-state index is 14.6. The monoisotopic (exact) mass is 552 g/mol. The van der Waals surface area contributed by atoms with Gasteiger partial charge >= 0.3 is 0 Å². The third kappa shape index (κ3) is 4.41. The van der Waals surface area contributed by atoms with Crippen molar-refractivity contribution in [1.29, 1.82) is 0 Å². The number of hydroxylamine groups is 1. The Kier molecular flexibility index (Phi) is 6.04. The first-order valence-electron chi connectivity index (χ1n) is 8.06. The summed E-state index contributed by atoms with van der Waals surface area (Å²) >= 11 is 5.07. The minimum Gasteiger partial charge on any atom is -0.393 e. The van der Waals surface area contributed by atoms with E-state index in [9.17, 15) is 18.7 Å². The van der Waals surface area contributed by atoms with Gasteiger partial charge in [0.1, 0.15) is 5.60 Å². The van der Waals surface area contributed by atoms with Crippen molar-refractivity contribution in [2.45, 2.75) is 25.4 Å². The number of aliphatic hydroxyl groups excluding tert-OH is 1. The number of anilines is 2. The van der Waals surface area contributed by atoms with Crippen molar-refractivity contribution in [3.63, 3.8) is 0 Å². The van der Waals surface area contributed by atoms with Crippen LogP contribution >= 0.6 is 38.5 Å². The largest absolute Gasteiger partial charge is 0.393 e. The number of amides is 1. The summed E-state index contributed by atoms with van der Waals surface area (Å²) in [5, 5.41) is 12.1. The van der Waals surface area contributed by atoms with E-state index in [1.807, 2.05) is 19.1 Å². The number of hydrogen-bond donors (Lipinski definition) is 3. The maximum atomic E-state index is 14.6. The Labute approximate surface area is 176 Å². The van der Waals surface area contributed by atoms with Crippen LogP contribution in [0.2, 0.25) is 0 Å². The Bertz CT molecular complexity index is 907. The predicted octanol–water partition coefficient (Wildman–Crippen LogP) is 4.57. The van der Waals surface area contributed by atoms with Gasteiger partial charge in [0.25, 0.3) is 5.91 Å². The number of rotatable bonds is 6. The van der Waals surface area contributed by atoms with Crippen molar-refractivity contribution in [3.8, 4) is 0 Å². The Morgan fingerprint density at radius 3 is 2.63 bits per heavy atom. The summed E-state index contributed by atoms with van der Waals surface area (Å²) in [6, 6.07) is 6.58. The molecule has 2 aromatic carbocycles. The molecule has 1 aliphatic carbocycles. The number of halogens is 4. The molecular formula is C18H16BrF2IN2O3. The van der Waals surface area contributed by atoms with Crippen LogP contribution in [0.4, 0.5) is 20.2 Å². The van der Waals surface area contributed by atoms with E-state index < -0.39 is 23.1 Å². The normalized spacial score (nSPS) is 14.7. The van der Waals surface area contributed by atoms with Crippen LogP contribution in [0.5, 0.6) is 0 Å². The van der Waals surface area contributed by atoms with Crippen molar-refractivity contribution >= 4 is 55.8 Å². The molecule has 0 atom stereocenters. The molecule has 1 aliphatic rings. The summed E-state index contributed by atoms with van der Waals surface area (Å²) in [7, 11) is 0. The van der Waals surface area contributed by atoms with Crippen LogP contribution in [0.3, 0.4) is 0 Å². The van der Waals surface area contributed by atoms with Crippen molar-refractivity contribution in [2.24, 2.45) is 0 Å². The van der Waals surface area contributed by atoms with Crippen LogP contribution in [0.25, 0.3) is 0 Å². The first kappa shape index (κ1) is 20.4. The molecule has 0 aliphatic heterocycles. The quantitative estimate of drug-likeness (QED) is 0.279. The molecular weight excluding hydrogens is 537 g/mol. The molecule has 0 saturated heterocycles. The van der Waals surface area contributed by atoms with Gasteiger partial charge in [-0.15, -0.1) is 0 Å². The summed E-state index contributed by atoms with van der Waals surface area (Å²) in [6.45, 7) is 1.58. The molecule has 0 spiro atoms. The molecule has 0 aromatic heterocycles. The van der Waals surface area contributed by atoms with E-state index in [-0.39, 0.29) is 22.3 Å². The summed E-state index contributed by atoms with van der Waals surface area (Å²) in [5.41, 5.74) is 2.36. The van der Waals surface area contributed by atoms with Crippen LogP contribution < -0.4 is 10.8 Å². The molecule has 9 heteroatoms. The maximum Gasteiger partial charge on any atom is 0.277 e. The van der Waals surface area contributed by atoms with Gasteiger partial charge in [0.05, 0.1) is 22.3 Å². The molecule has 3 N–H and O–H groups in total. The van der Waals surface area contributed by atoms with Gasteiger partial charge in [0, 0.05) is 9.26 Å². The van der Waals surface area contributed by atoms with Crippen molar-refractivity contribution in [3.05, 3.63) is 55.1 Å². The molecule has 3 rings (SSSR count). The average molecular weight is 553 g/mol. The van der Waals surface area contributed by atoms with Crippen molar-refractivity contribution in [1.82, 2.24) is 5.48 Å². The summed E-state index contributed by atoms with van der Waals surface area (Å²) in [6.07, 6.45) is 1.22. The van der Waals surface area contributed by atoms with E-state index in [1.165, 1.54) is 6.07 Å². The lowest BCUT2D eigenvalue weighted by Crippen LogP contribution is -2.33. The molecule has 0 unspecified atom stereocenters. The van der Waals surface area contributed by atoms with Crippen LogP contribution in [0.1, 0.15) is 28.8 Å². The first-order valence-corrected chi connectivity index (χ1v) is 9.93. The van der Waals surface area contributed by atoms with Crippen LogP contribution in [-0.2, 0) is 4.84 Å². The van der Waals surface area contributed by atoms with Gasteiger partial charge in [-0.1, -0.05) is 0 Å². The standard InChI is InChI=1S/C18H16BrF2IN2O3/c1-9-6-10(22)2-3-13(9)23-16-11(7-12(19)14(20)15(16)21)17(26)24-27-18(8-25)4-5-18/h2-3,6-7,23,25H,4-5,8H2,1H3,(H,24,26). The second kappa shape index (κ2) is 7.98. The van der Waals surface area contributed by atoms with E-state index in [2.05, 4.69) is 49.3 Å². The highest BCUT2D eigenvalue weighted by atomic mass is 127. The number of carbonyl (C=O) groups excluding carboxylic acids is 1. The zero-order chi connectivity index (χ0) is 19.8. The third-order valence-corrected chi connectivity index (χ3v) is 5.56. The molecule has 144 valence electrons. The molecule has 0 bridgehead atoms. The molecule has 1 amide bonds. The Morgan fingerprint density at radius 2 is 2.04 bits per heavy atom. The van der Waals surface area contributed by atoms with Gasteiger partial charge in [-0.25, -0.2) is 14.3 Å². The number of aryl methyl sites for hydroxylation is 1. The van der Waals surface area contributed by atoms with E-state index in [4.69, 9.17) is 4.84 Å². The minimum absolute atomic E-state index is 0.132. The molecule has 0 radical (unpaired) electrons. The highest BCUT2D eigenvalue weighted by Crippen LogP contribution is 2.38. The van der Waals surface area contributed by atoms with Gasteiger partial charge in [0.2, 0.25) is 0 Å². The van der Waals surface area contributed by atoms with E-state index >= 15 is 0 Å². The number of benzene rings is 2. The zero-order valence-corrected chi connectivity index (χ0v) is 17.9. The second-order valence-corrected chi connectivity index (χ2v) is 8.47. The van der Waals surface area contributed by atoms with Crippen molar-refractivity contribution in [2.75, 3.05) is 11.9 Å². The Hall–Kier alpha value is -1.30. The number of aliphatic hydroxyl groups is 1. The summed E-state index contributed by atoms with van der Waals surface area (Å²) in [5.74, 6) is -3.04. The summed E-state index contributed by atoms with van der Waals surface area (Å²) in [4.78, 5) is 17.8. The fourth-order valence-electron chi connectivity index (χ4n) is 2.44. The number of carbonyl (C=O) groups is 1. The predicted molar refractivity (Wildman–Crippen MR) is 109 cm³/mol. The van der Waals surface area contributed by atoms with Crippen LogP contribution in [0.15, 0.2) is 28.7 Å². The fourth-order valence-corrected chi connectivity index (χ4v) is 3.49. The van der Waals surface area contributed by atoms with Crippen molar-refractivity contribution < 1.29 is 23.5 Å². The van der Waals surface area contributed by atoms with Gasteiger partial charge in [-0.2, -0.15) is 0 Å². The molecule has 5 nitrogen and oxygen atoms in total. The third-order valence-electron chi connectivity index (χ3n) is 4.31. The highest BCUT2D eigenvalue weighted by molar-refractivity contribution is 14.1. The Morgan fingerprint density at radius 1 is 1.33 bits per heavy atom. The van der Waals surface area contributed by atoms with Crippen LogP contribution in [0, 0.1) is 22.1 Å².